The van der Waals surface area contributed by atoms with Gasteiger partial charge in [-0.3, -0.25) is 9.69 Å². The second-order valence-electron chi connectivity index (χ2n) is 7.55. The highest BCUT2D eigenvalue weighted by atomic mass is 16.6. The molecule has 1 rings (SSSR count). The van der Waals surface area contributed by atoms with Crippen molar-refractivity contribution in [3.63, 3.8) is 0 Å². The SMILES string of the molecule is COC(=O)[C@H](CC(C)C)NC(=O)[C@@H]1CCCN1C(=O)OC(C)(C)C. The van der Waals surface area contributed by atoms with Gasteiger partial charge in [0.2, 0.25) is 5.91 Å². The fourth-order valence-electron chi connectivity index (χ4n) is 2.67. The van der Waals surface area contributed by atoms with Gasteiger partial charge in [-0.05, 0) is 46.0 Å². The summed E-state index contributed by atoms with van der Waals surface area (Å²) in [5.41, 5.74) is -0.618. The van der Waals surface area contributed by atoms with Gasteiger partial charge in [0.25, 0.3) is 0 Å². The lowest BCUT2D eigenvalue weighted by molar-refractivity contribution is -0.146. The second kappa shape index (κ2) is 8.35. The third-order valence-corrected chi connectivity index (χ3v) is 3.69. The first kappa shape index (κ1) is 20.3. The van der Waals surface area contributed by atoms with E-state index in [-0.39, 0.29) is 11.8 Å². The molecular weight excluding hydrogens is 312 g/mol. The van der Waals surface area contributed by atoms with Gasteiger partial charge >= 0.3 is 12.1 Å². The lowest BCUT2D eigenvalue weighted by atomic mass is 10.0. The largest absolute Gasteiger partial charge is 0.467 e. The minimum Gasteiger partial charge on any atom is -0.467 e. The molecule has 0 aromatic carbocycles. The van der Waals surface area contributed by atoms with Crippen molar-refractivity contribution in [3.05, 3.63) is 0 Å². The molecule has 2 atom stereocenters. The molecule has 0 bridgehead atoms. The number of carbonyl (C=O) groups is 3. The lowest BCUT2D eigenvalue weighted by Crippen LogP contribution is -2.52. The van der Waals surface area contributed by atoms with Gasteiger partial charge in [-0.2, -0.15) is 0 Å². The first-order valence-corrected chi connectivity index (χ1v) is 8.43. The normalized spacial score (nSPS) is 19.1. The number of amides is 2. The Hall–Kier alpha value is -1.79. The van der Waals surface area contributed by atoms with Crippen molar-refractivity contribution in [2.45, 2.75) is 71.6 Å². The average molecular weight is 342 g/mol. The summed E-state index contributed by atoms with van der Waals surface area (Å²) in [6.07, 6.45) is 1.27. The Morgan fingerprint density at radius 2 is 1.88 bits per heavy atom. The predicted molar refractivity (Wildman–Crippen MR) is 89.4 cm³/mol. The molecule has 7 nitrogen and oxygen atoms in total. The number of carbonyl (C=O) groups excluding carboxylic acids is 3. The van der Waals surface area contributed by atoms with Gasteiger partial charge in [0, 0.05) is 6.54 Å². The molecule has 0 aromatic rings. The molecule has 1 aliphatic rings. The van der Waals surface area contributed by atoms with Crippen LogP contribution in [0.4, 0.5) is 4.79 Å². The fraction of sp³-hybridized carbons (Fsp3) is 0.824. The van der Waals surface area contributed by atoms with Crippen molar-refractivity contribution in [3.8, 4) is 0 Å². The Kier molecular flexibility index (Phi) is 7.05. The molecule has 2 amide bonds. The van der Waals surface area contributed by atoms with E-state index in [0.29, 0.717) is 19.4 Å². The number of methoxy groups -OCH3 is 1. The van der Waals surface area contributed by atoms with Crippen LogP contribution < -0.4 is 5.32 Å². The number of hydrogen-bond donors (Lipinski definition) is 1. The molecule has 1 aliphatic heterocycles. The number of nitrogens with zero attached hydrogens (tertiary/aromatic N) is 1. The molecule has 1 N–H and O–H groups in total. The van der Waals surface area contributed by atoms with E-state index in [1.54, 1.807) is 20.8 Å². The molecule has 0 aromatic heterocycles. The summed E-state index contributed by atoms with van der Waals surface area (Å²) in [5, 5.41) is 2.73. The van der Waals surface area contributed by atoms with Crippen LogP contribution >= 0.6 is 0 Å². The van der Waals surface area contributed by atoms with Gasteiger partial charge in [0.1, 0.15) is 17.7 Å². The zero-order chi connectivity index (χ0) is 18.5. The van der Waals surface area contributed by atoms with Gasteiger partial charge in [-0.15, -0.1) is 0 Å². The third kappa shape index (κ3) is 6.02. The Balaban J connectivity index is 2.76. The number of rotatable bonds is 5. The summed E-state index contributed by atoms with van der Waals surface area (Å²) in [7, 11) is 1.30. The molecule has 1 heterocycles. The summed E-state index contributed by atoms with van der Waals surface area (Å²) >= 11 is 0. The Bertz CT molecular complexity index is 470. The molecule has 0 spiro atoms. The highest BCUT2D eigenvalue weighted by Gasteiger charge is 2.38. The smallest absolute Gasteiger partial charge is 0.410 e. The van der Waals surface area contributed by atoms with E-state index in [4.69, 9.17) is 9.47 Å². The lowest BCUT2D eigenvalue weighted by Gasteiger charge is -2.29. The molecule has 24 heavy (non-hydrogen) atoms. The van der Waals surface area contributed by atoms with Crippen molar-refractivity contribution in [2.24, 2.45) is 5.92 Å². The first-order valence-electron chi connectivity index (χ1n) is 8.43. The van der Waals surface area contributed by atoms with Crippen LogP contribution in [0.1, 0.15) is 53.9 Å². The van der Waals surface area contributed by atoms with Crippen LogP contribution in [0.5, 0.6) is 0 Å². The molecule has 0 aliphatic carbocycles. The quantitative estimate of drug-likeness (QED) is 0.773. The number of hydrogen-bond acceptors (Lipinski definition) is 5. The van der Waals surface area contributed by atoms with Crippen molar-refractivity contribution < 1.29 is 23.9 Å². The van der Waals surface area contributed by atoms with Crippen LogP contribution in [0.25, 0.3) is 0 Å². The molecule has 138 valence electrons. The first-order chi connectivity index (χ1) is 11.0. The summed E-state index contributed by atoms with van der Waals surface area (Å²) in [6, 6.07) is -1.32. The highest BCUT2D eigenvalue weighted by Crippen LogP contribution is 2.21. The Morgan fingerprint density at radius 3 is 2.38 bits per heavy atom. The maximum absolute atomic E-state index is 12.6. The minimum atomic E-state index is -0.705. The molecule has 7 heteroatoms. The molecule has 1 fully saturated rings. The summed E-state index contributed by atoms with van der Waals surface area (Å²) in [4.78, 5) is 38.1. The van der Waals surface area contributed by atoms with Crippen LogP contribution in [0.2, 0.25) is 0 Å². The van der Waals surface area contributed by atoms with Crippen LogP contribution in [0.3, 0.4) is 0 Å². The van der Waals surface area contributed by atoms with E-state index in [1.165, 1.54) is 12.0 Å². The van der Waals surface area contributed by atoms with Crippen LogP contribution in [-0.2, 0) is 19.1 Å². The zero-order valence-electron chi connectivity index (χ0n) is 15.5. The van der Waals surface area contributed by atoms with Crippen molar-refractivity contribution in [1.82, 2.24) is 10.2 Å². The van der Waals surface area contributed by atoms with Crippen molar-refractivity contribution in [2.75, 3.05) is 13.7 Å². The Morgan fingerprint density at radius 1 is 1.25 bits per heavy atom. The molecule has 0 unspecified atom stereocenters. The van der Waals surface area contributed by atoms with Gasteiger partial charge in [-0.25, -0.2) is 9.59 Å². The molecule has 1 saturated heterocycles. The second-order valence-corrected chi connectivity index (χ2v) is 7.55. The number of nitrogens with one attached hydrogen (secondary N) is 1. The van der Waals surface area contributed by atoms with Gasteiger partial charge in [0.15, 0.2) is 0 Å². The molecular formula is C17H30N2O5. The number of ether oxygens (including phenoxy) is 2. The van der Waals surface area contributed by atoms with E-state index in [9.17, 15) is 14.4 Å². The Labute approximate surface area is 144 Å². The number of esters is 1. The topological polar surface area (TPSA) is 84.9 Å². The van der Waals surface area contributed by atoms with E-state index < -0.39 is 29.7 Å². The summed E-state index contributed by atoms with van der Waals surface area (Å²) in [5.74, 6) is -0.590. The van der Waals surface area contributed by atoms with E-state index in [2.05, 4.69) is 5.32 Å². The maximum Gasteiger partial charge on any atom is 0.410 e. The maximum atomic E-state index is 12.6. The summed E-state index contributed by atoms with van der Waals surface area (Å²) < 4.78 is 10.1. The van der Waals surface area contributed by atoms with Crippen LogP contribution in [0, 0.1) is 5.92 Å². The average Bonchev–Trinajstić information content (AvgIpc) is 2.92. The van der Waals surface area contributed by atoms with Gasteiger partial charge in [-0.1, -0.05) is 13.8 Å². The zero-order valence-corrected chi connectivity index (χ0v) is 15.5. The molecule has 0 radical (unpaired) electrons. The number of likely N-dealkylation sites (tertiary alicyclic amines) is 1. The van der Waals surface area contributed by atoms with Crippen molar-refractivity contribution >= 4 is 18.0 Å². The highest BCUT2D eigenvalue weighted by molar-refractivity contribution is 5.90. The fourth-order valence-corrected chi connectivity index (χ4v) is 2.67. The third-order valence-electron chi connectivity index (χ3n) is 3.69. The minimum absolute atomic E-state index is 0.222. The van der Waals surface area contributed by atoms with E-state index in [1.807, 2.05) is 13.8 Å². The van der Waals surface area contributed by atoms with Crippen LogP contribution in [0.15, 0.2) is 0 Å². The van der Waals surface area contributed by atoms with Crippen LogP contribution in [-0.4, -0.2) is 54.2 Å². The molecule has 0 saturated carbocycles. The van der Waals surface area contributed by atoms with E-state index in [0.717, 1.165) is 6.42 Å². The van der Waals surface area contributed by atoms with Gasteiger partial charge < -0.3 is 14.8 Å². The van der Waals surface area contributed by atoms with E-state index >= 15 is 0 Å². The monoisotopic (exact) mass is 342 g/mol. The predicted octanol–water partition coefficient (Wildman–Crippen LogP) is 2.09. The standard InChI is InChI=1S/C17H30N2O5/c1-11(2)10-12(15(21)23-6)18-14(20)13-8-7-9-19(13)16(22)24-17(3,4)5/h11-13H,7-10H2,1-6H3,(H,18,20)/t12-,13-/m0/s1. The van der Waals surface area contributed by atoms with Crippen molar-refractivity contribution in [1.29, 1.82) is 0 Å². The van der Waals surface area contributed by atoms with Gasteiger partial charge in [0.05, 0.1) is 7.11 Å². The summed E-state index contributed by atoms with van der Waals surface area (Å²) in [6.45, 7) is 9.75.